The zero-order chi connectivity index (χ0) is 26.4. The first-order valence-electron chi connectivity index (χ1n) is 11.3. The number of amides is 1. The third-order valence-electron chi connectivity index (χ3n) is 5.66. The van der Waals surface area contributed by atoms with E-state index in [2.05, 4.69) is 40.6 Å². The second kappa shape index (κ2) is 8.92. The molecular formula is C24H24N8O4S. The summed E-state index contributed by atoms with van der Waals surface area (Å²) in [6.45, 7) is 5.65. The third kappa shape index (κ3) is 4.85. The van der Waals surface area contributed by atoms with Gasteiger partial charge < -0.3 is 14.8 Å². The van der Waals surface area contributed by atoms with E-state index >= 15 is 0 Å². The molecule has 0 aliphatic carbocycles. The largest absolute Gasteiger partial charge is 0.344 e. The molecule has 0 unspecified atom stereocenters. The Labute approximate surface area is 211 Å². The molecule has 0 bridgehead atoms. The van der Waals surface area contributed by atoms with Gasteiger partial charge in [-0.1, -0.05) is 38.1 Å². The van der Waals surface area contributed by atoms with Crippen LogP contribution in [0.4, 0.5) is 0 Å². The van der Waals surface area contributed by atoms with Crippen molar-refractivity contribution in [1.82, 2.24) is 40.6 Å². The van der Waals surface area contributed by atoms with Gasteiger partial charge in [-0.15, -0.1) is 0 Å². The summed E-state index contributed by atoms with van der Waals surface area (Å²) < 4.78 is 30.5. The smallest absolute Gasteiger partial charge is 0.315 e. The van der Waals surface area contributed by atoms with Gasteiger partial charge in [0.2, 0.25) is 0 Å². The van der Waals surface area contributed by atoms with Crippen molar-refractivity contribution in [3.8, 4) is 22.5 Å². The van der Waals surface area contributed by atoms with Crippen molar-refractivity contribution in [3.05, 3.63) is 60.1 Å². The molecule has 4 aromatic heterocycles. The van der Waals surface area contributed by atoms with E-state index in [1.165, 1.54) is 0 Å². The van der Waals surface area contributed by atoms with Gasteiger partial charge in [0.15, 0.2) is 21.3 Å². The highest BCUT2D eigenvalue weighted by molar-refractivity contribution is 7.90. The molecule has 13 heteroatoms. The number of hydrogen-bond acceptors (Lipinski definition) is 9. The second-order valence-electron chi connectivity index (χ2n) is 9.58. The molecule has 1 aromatic carbocycles. The highest BCUT2D eigenvalue weighted by atomic mass is 32.2. The number of aromatic nitrogens is 7. The summed E-state index contributed by atoms with van der Waals surface area (Å²) in [6, 6.07) is 6.79. The lowest BCUT2D eigenvalue weighted by atomic mass is 9.96. The molecule has 5 rings (SSSR count). The van der Waals surface area contributed by atoms with E-state index in [9.17, 15) is 13.2 Å². The summed E-state index contributed by atoms with van der Waals surface area (Å²) in [4.78, 5) is 28.9. The van der Waals surface area contributed by atoms with Crippen LogP contribution in [0.3, 0.4) is 0 Å². The van der Waals surface area contributed by atoms with Crippen molar-refractivity contribution in [2.45, 2.75) is 37.6 Å². The number of imidazole rings is 1. The maximum absolute atomic E-state index is 12.7. The van der Waals surface area contributed by atoms with Crippen LogP contribution < -0.4 is 5.32 Å². The number of aromatic amines is 2. The Balaban J connectivity index is 1.46. The molecular weight excluding hydrogens is 496 g/mol. The summed E-state index contributed by atoms with van der Waals surface area (Å²) in [5, 5.41) is 13.2. The van der Waals surface area contributed by atoms with E-state index in [1.54, 1.807) is 42.9 Å². The molecule has 1 amide bonds. The van der Waals surface area contributed by atoms with Crippen molar-refractivity contribution in [1.29, 1.82) is 0 Å². The molecule has 12 nitrogen and oxygen atoms in total. The highest BCUT2D eigenvalue weighted by Crippen LogP contribution is 2.31. The SMILES string of the molecule is CC(C)(C)c1noc(C(=O)NCc2ccc(-c3ccnc4[nH]c(-c5cn[nH]c5)nc34)cc2S(C)(=O)=O)n1. The molecule has 5 aromatic rings. The van der Waals surface area contributed by atoms with Crippen LogP contribution in [0, 0.1) is 0 Å². The maximum Gasteiger partial charge on any atom is 0.315 e. The zero-order valence-electron chi connectivity index (χ0n) is 20.5. The number of pyridine rings is 1. The molecule has 37 heavy (non-hydrogen) atoms. The summed E-state index contributed by atoms with van der Waals surface area (Å²) >= 11 is 0. The minimum atomic E-state index is -3.63. The van der Waals surface area contributed by atoms with Gasteiger partial charge in [0.1, 0.15) is 11.3 Å². The molecule has 0 atom stereocenters. The Kier molecular flexibility index (Phi) is 5.86. The van der Waals surface area contributed by atoms with E-state index in [0.29, 0.717) is 39.5 Å². The van der Waals surface area contributed by atoms with E-state index < -0.39 is 15.7 Å². The average molecular weight is 521 g/mol. The lowest BCUT2D eigenvalue weighted by Gasteiger charge is -2.12. The topological polar surface area (TPSA) is 172 Å². The number of hydrogen-bond donors (Lipinski definition) is 3. The molecule has 3 N–H and O–H groups in total. The minimum Gasteiger partial charge on any atom is -0.344 e. The van der Waals surface area contributed by atoms with E-state index in [1.807, 2.05) is 20.8 Å². The predicted octanol–water partition coefficient (Wildman–Crippen LogP) is 3.03. The number of carbonyl (C=O) groups excluding carboxylic acids is 1. The van der Waals surface area contributed by atoms with Gasteiger partial charge in [-0.3, -0.25) is 9.89 Å². The van der Waals surface area contributed by atoms with Crippen LogP contribution in [0.5, 0.6) is 0 Å². The standard InChI is InChI=1S/C24H24N8O4S/c1-24(2,3)23-31-22(36-32-23)21(33)26-10-14-6-5-13(9-17(14)37(4,34)35)16-7-8-25-20-18(16)29-19(30-20)15-11-27-28-12-15/h5-9,11-12H,10H2,1-4H3,(H,26,33)(H,27,28)(H,25,29,30). The van der Waals surface area contributed by atoms with Crippen molar-refractivity contribution in [2.24, 2.45) is 0 Å². The Hall–Kier alpha value is -4.39. The Morgan fingerprint density at radius 1 is 1.14 bits per heavy atom. The van der Waals surface area contributed by atoms with Crippen molar-refractivity contribution in [2.75, 3.05) is 6.26 Å². The number of nitrogens with zero attached hydrogens (tertiary/aromatic N) is 5. The number of rotatable bonds is 6. The van der Waals surface area contributed by atoms with Crippen LogP contribution in [0.15, 0.2) is 52.3 Å². The molecule has 0 saturated carbocycles. The maximum atomic E-state index is 12.7. The fourth-order valence-corrected chi connectivity index (χ4v) is 4.70. The van der Waals surface area contributed by atoms with Crippen LogP contribution in [-0.2, 0) is 21.8 Å². The first-order chi connectivity index (χ1) is 17.5. The molecule has 0 aliphatic heterocycles. The number of nitrogens with one attached hydrogen (secondary N) is 3. The van der Waals surface area contributed by atoms with Gasteiger partial charge in [-0.05, 0) is 23.3 Å². The fourth-order valence-electron chi connectivity index (χ4n) is 3.75. The lowest BCUT2D eigenvalue weighted by molar-refractivity contribution is 0.0906. The number of H-pyrrole nitrogens is 2. The molecule has 4 heterocycles. The lowest BCUT2D eigenvalue weighted by Crippen LogP contribution is -2.24. The van der Waals surface area contributed by atoms with Crippen molar-refractivity contribution >= 4 is 26.9 Å². The van der Waals surface area contributed by atoms with Gasteiger partial charge in [0.05, 0.1) is 16.7 Å². The monoisotopic (exact) mass is 520 g/mol. The van der Waals surface area contributed by atoms with E-state index in [0.717, 1.165) is 11.8 Å². The van der Waals surface area contributed by atoms with Gasteiger partial charge in [0.25, 0.3) is 0 Å². The van der Waals surface area contributed by atoms with E-state index in [4.69, 9.17) is 4.52 Å². The van der Waals surface area contributed by atoms with Crippen molar-refractivity contribution < 1.29 is 17.7 Å². The first-order valence-corrected chi connectivity index (χ1v) is 13.2. The minimum absolute atomic E-state index is 0.0481. The summed E-state index contributed by atoms with van der Waals surface area (Å²) in [6.07, 6.45) is 6.10. The Morgan fingerprint density at radius 3 is 2.62 bits per heavy atom. The second-order valence-corrected chi connectivity index (χ2v) is 11.6. The van der Waals surface area contributed by atoms with Gasteiger partial charge in [-0.2, -0.15) is 10.1 Å². The number of carbonyl (C=O) groups is 1. The summed E-state index contributed by atoms with van der Waals surface area (Å²) in [5.74, 6) is 0.207. The zero-order valence-corrected chi connectivity index (χ0v) is 21.3. The predicted molar refractivity (Wildman–Crippen MR) is 134 cm³/mol. The number of fused-ring (bicyclic) bond motifs is 1. The fraction of sp³-hybridized carbons (Fsp3) is 0.250. The summed E-state index contributed by atoms with van der Waals surface area (Å²) in [7, 11) is -3.63. The normalized spacial score (nSPS) is 12.2. The van der Waals surface area contributed by atoms with Crippen LogP contribution in [0.25, 0.3) is 33.7 Å². The van der Waals surface area contributed by atoms with Gasteiger partial charge >= 0.3 is 11.8 Å². The van der Waals surface area contributed by atoms with Crippen LogP contribution in [0.1, 0.15) is 42.8 Å². The van der Waals surface area contributed by atoms with Crippen LogP contribution in [-0.4, -0.2) is 55.9 Å². The van der Waals surface area contributed by atoms with Gasteiger partial charge in [0, 0.05) is 36.2 Å². The first kappa shape index (κ1) is 24.3. The number of sulfone groups is 1. The molecule has 0 aliphatic rings. The molecule has 0 radical (unpaired) electrons. The molecule has 0 saturated heterocycles. The van der Waals surface area contributed by atoms with Crippen molar-refractivity contribution in [3.63, 3.8) is 0 Å². The number of benzene rings is 1. The Morgan fingerprint density at radius 2 is 1.95 bits per heavy atom. The molecule has 190 valence electrons. The molecule has 0 fully saturated rings. The highest BCUT2D eigenvalue weighted by Gasteiger charge is 2.24. The summed E-state index contributed by atoms with van der Waals surface area (Å²) in [5.41, 5.74) is 3.29. The Bertz CT molecular complexity index is 1710. The van der Waals surface area contributed by atoms with Gasteiger partial charge in [-0.25, -0.2) is 18.4 Å². The third-order valence-corrected chi connectivity index (χ3v) is 6.84. The van der Waals surface area contributed by atoms with Crippen LogP contribution >= 0.6 is 0 Å². The average Bonchev–Trinajstić information content (AvgIpc) is 3.61. The van der Waals surface area contributed by atoms with Crippen LogP contribution in [0.2, 0.25) is 0 Å². The molecule has 0 spiro atoms. The van der Waals surface area contributed by atoms with E-state index in [-0.39, 0.29) is 22.7 Å². The quantitative estimate of drug-likeness (QED) is 0.304.